The van der Waals surface area contributed by atoms with Gasteiger partial charge in [0.2, 0.25) is 0 Å². The lowest BCUT2D eigenvalue weighted by molar-refractivity contribution is -0.383. The van der Waals surface area contributed by atoms with Crippen molar-refractivity contribution in [3.63, 3.8) is 0 Å². The van der Waals surface area contributed by atoms with Gasteiger partial charge in [0.25, 0.3) is 11.2 Å². The molecule has 1 saturated heterocycles. The van der Waals surface area contributed by atoms with E-state index in [2.05, 4.69) is 10.3 Å². The third-order valence-electron chi connectivity index (χ3n) is 7.57. The van der Waals surface area contributed by atoms with Crippen molar-refractivity contribution < 1.29 is 18.1 Å². The van der Waals surface area contributed by atoms with Gasteiger partial charge in [-0.15, -0.1) is 0 Å². The van der Waals surface area contributed by atoms with E-state index in [1.54, 1.807) is 0 Å². The van der Waals surface area contributed by atoms with Gasteiger partial charge >= 0.3 is 6.18 Å². The molecular weight excluding hydrogens is 481 g/mol. The van der Waals surface area contributed by atoms with E-state index in [9.17, 15) is 28.1 Å². The lowest BCUT2D eigenvalue weighted by Gasteiger charge is -2.41. The normalized spacial score (nSPS) is 24.1. The van der Waals surface area contributed by atoms with Gasteiger partial charge in [-0.25, -0.2) is 0 Å². The smallest absolute Gasteiger partial charge is 0.332 e. The van der Waals surface area contributed by atoms with E-state index in [0.717, 1.165) is 42.9 Å². The second-order valence-electron chi connectivity index (χ2n) is 10.2. The summed E-state index contributed by atoms with van der Waals surface area (Å²) >= 11 is 0.936. The number of aromatic nitrogens is 1. The molecule has 35 heavy (non-hydrogen) atoms. The summed E-state index contributed by atoms with van der Waals surface area (Å²) in [5, 5.41) is 15.3. The molecule has 2 saturated carbocycles. The maximum absolute atomic E-state index is 13.3. The molecule has 7 nitrogen and oxygen atoms in total. The van der Waals surface area contributed by atoms with Crippen molar-refractivity contribution in [2.24, 2.45) is 11.8 Å². The standard InChI is InChI=1S/C24H29F3N4O3S/c25-24(26,27)16-12-18-21(19(13-16)31(33)34)35-23(29-22(18)32)30-9-8-15(10-14-4-2-1-3-5-14)11-20(30)28-17-6-7-17/h12-15,17,20,28H,1-11H2. The van der Waals surface area contributed by atoms with Crippen LogP contribution < -0.4 is 15.8 Å². The van der Waals surface area contributed by atoms with E-state index >= 15 is 0 Å². The molecule has 190 valence electrons. The Hall–Kier alpha value is -2.27. The molecule has 2 atom stereocenters. The SMILES string of the molecule is O=c1nc(N2CCC(CC3CCCCC3)CC2NC2CC2)sc2c([N+](=O)[O-])cc(C(F)(F)F)cc12. The van der Waals surface area contributed by atoms with Crippen LogP contribution >= 0.6 is 11.3 Å². The molecule has 2 unspecified atom stereocenters. The first-order valence-electron chi connectivity index (χ1n) is 12.4. The van der Waals surface area contributed by atoms with E-state index in [1.807, 2.05) is 4.90 Å². The lowest BCUT2D eigenvalue weighted by Crippen LogP contribution is -2.52. The Bertz CT molecular complexity index is 1160. The van der Waals surface area contributed by atoms with Gasteiger partial charge in [0.15, 0.2) is 5.13 Å². The number of nitrogens with one attached hydrogen (secondary N) is 1. The summed E-state index contributed by atoms with van der Waals surface area (Å²) in [7, 11) is 0. The molecule has 3 aliphatic rings. The molecule has 3 fully saturated rings. The van der Waals surface area contributed by atoms with Crippen molar-refractivity contribution in [3.05, 3.63) is 38.2 Å². The van der Waals surface area contributed by atoms with Gasteiger partial charge in [-0.2, -0.15) is 18.2 Å². The highest BCUT2D eigenvalue weighted by atomic mass is 32.1. The summed E-state index contributed by atoms with van der Waals surface area (Å²) in [6.07, 6.45) is 6.89. The van der Waals surface area contributed by atoms with Crippen LogP contribution in [0.5, 0.6) is 0 Å². The summed E-state index contributed by atoms with van der Waals surface area (Å²) in [4.78, 5) is 29.7. The number of alkyl halides is 3. The van der Waals surface area contributed by atoms with Crippen molar-refractivity contribution in [1.29, 1.82) is 0 Å². The van der Waals surface area contributed by atoms with Crippen LogP contribution in [0.1, 0.15) is 69.8 Å². The maximum Gasteiger partial charge on any atom is 0.416 e. The number of benzene rings is 1. The number of nitro benzene ring substituents is 1. The lowest BCUT2D eigenvalue weighted by atomic mass is 9.79. The topological polar surface area (TPSA) is 88.4 Å². The van der Waals surface area contributed by atoms with E-state index < -0.39 is 27.9 Å². The molecule has 0 radical (unpaired) electrons. The zero-order valence-corrected chi connectivity index (χ0v) is 20.2. The fourth-order valence-electron chi connectivity index (χ4n) is 5.62. The van der Waals surface area contributed by atoms with Crippen molar-refractivity contribution in [2.45, 2.75) is 82.6 Å². The molecule has 2 heterocycles. The Labute approximate surface area is 204 Å². The van der Waals surface area contributed by atoms with Crippen molar-refractivity contribution in [3.8, 4) is 0 Å². The predicted molar refractivity (Wildman–Crippen MR) is 129 cm³/mol. The van der Waals surface area contributed by atoms with Gasteiger partial charge in [-0.1, -0.05) is 43.4 Å². The Kier molecular flexibility index (Phi) is 6.73. The largest absolute Gasteiger partial charge is 0.416 e. The zero-order chi connectivity index (χ0) is 24.7. The second-order valence-corrected chi connectivity index (χ2v) is 11.2. The Morgan fingerprint density at radius 2 is 1.86 bits per heavy atom. The fourth-order valence-corrected chi connectivity index (χ4v) is 6.76. The molecule has 5 rings (SSSR count). The van der Waals surface area contributed by atoms with E-state index in [0.29, 0.717) is 35.8 Å². The molecule has 2 aliphatic carbocycles. The molecule has 1 aromatic heterocycles. The van der Waals surface area contributed by atoms with E-state index in [4.69, 9.17) is 0 Å². The summed E-state index contributed by atoms with van der Waals surface area (Å²) in [5.74, 6) is 1.33. The summed E-state index contributed by atoms with van der Waals surface area (Å²) in [5.41, 5.74) is -2.79. The second kappa shape index (κ2) is 9.65. The Balaban J connectivity index is 1.46. The average molecular weight is 511 g/mol. The summed E-state index contributed by atoms with van der Waals surface area (Å²) in [6, 6.07) is 1.60. The molecule has 1 aliphatic heterocycles. The monoisotopic (exact) mass is 510 g/mol. The first-order chi connectivity index (χ1) is 16.7. The minimum absolute atomic E-state index is 0.0426. The third kappa shape index (κ3) is 5.45. The number of non-ortho nitro benzene ring substituents is 1. The van der Waals surface area contributed by atoms with Crippen molar-refractivity contribution in [2.75, 3.05) is 11.4 Å². The molecule has 0 spiro atoms. The van der Waals surface area contributed by atoms with Crippen LogP contribution in [0.4, 0.5) is 24.0 Å². The highest BCUT2D eigenvalue weighted by Gasteiger charge is 2.37. The third-order valence-corrected chi connectivity index (χ3v) is 8.71. The Morgan fingerprint density at radius 1 is 1.11 bits per heavy atom. The van der Waals surface area contributed by atoms with E-state index in [-0.39, 0.29) is 16.3 Å². The number of nitrogens with zero attached hydrogens (tertiary/aromatic N) is 3. The first-order valence-corrected chi connectivity index (χ1v) is 13.2. The van der Waals surface area contributed by atoms with Crippen LogP contribution in [0.3, 0.4) is 0 Å². The molecular formula is C24H29F3N4O3S. The molecule has 1 aromatic carbocycles. The number of hydrogen-bond donors (Lipinski definition) is 1. The van der Waals surface area contributed by atoms with Crippen LogP contribution in [-0.4, -0.2) is 28.7 Å². The molecule has 11 heteroatoms. The molecule has 1 N–H and O–H groups in total. The summed E-state index contributed by atoms with van der Waals surface area (Å²) in [6.45, 7) is 0.657. The van der Waals surface area contributed by atoms with Crippen LogP contribution in [-0.2, 0) is 6.18 Å². The van der Waals surface area contributed by atoms with Crippen LogP contribution in [0.2, 0.25) is 0 Å². The number of hydrogen-bond acceptors (Lipinski definition) is 7. The molecule has 0 amide bonds. The minimum Gasteiger partial charge on any atom is -0.332 e. The predicted octanol–water partition coefficient (Wildman–Crippen LogP) is 5.85. The van der Waals surface area contributed by atoms with Crippen LogP contribution in [0.15, 0.2) is 16.9 Å². The number of rotatable bonds is 6. The van der Waals surface area contributed by atoms with Crippen LogP contribution in [0.25, 0.3) is 10.1 Å². The number of nitro groups is 1. The van der Waals surface area contributed by atoms with Gasteiger partial charge in [0, 0.05) is 18.7 Å². The maximum atomic E-state index is 13.3. The average Bonchev–Trinajstić information content (AvgIpc) is 3.62. The number of halogens is 3. The molecule has 2 aromatic rings. The van der Waals surface area contributed by atoms with Gasteiger partial charge in [-0.3, -0.25) is 20.2 Å². The van der Waals surface area contributed by atoms with Gasteiger partial charge < -0.3 is 4.90 Å². The van der Waals surface area contributed by atoms with Crippen LogP contribution in [0, 0.1) is 22.0 Å². The first kappa shape index (κ1) is 24.4. The summed E-state index contributed by atoms with van der Waals surface area (Å²) < 4.78 is 39.8. The minimum atomic E-state index is -4.80. The highest BCUT2D eigenvalue weighted by molar-refractivity contribution is 7.22. The number of fused-ring (bicyclic) bond motifs is 1. The van der Waals surface area contributed by atoms with Crippen molar-refractivity contribution in [1.82, 2.24) is 10.3 Å². The fraction of sp³-hybridized carbons (Fsp3) is 0.667. The quantitative estimate of drug-likeness (QED) is 0.388. The Morgan fingerprint density at radius 3 is 2.51 bits per heavy atom. The number of piperidine rings is 1. The number of anilines is 1. The van der Waals surface area contributed by atoms with Gasteiger partial charge in [0.05, 0.1) is 22.0 Å². The van der Waals surface area contributed by atoms with Crippen molar-refractivity contribution >= 4 is 32.2 Å². The highest BCUT2D eigenvalue weighted by Crippen LogP contribution is 2.41. The van der Waals surface area contributed by atoms with Gasteiger partial charge in [-0.05, 0) is 50.0 Å². The van der Waals surface area contributed by atoms with E-state index in [1.165, 1.54) is 38.5 Å². The van der Waals surface area contributed by atoms with Gasteiger partial charge in [0.1, 0.15) is 4.70 Å². The zero-order valence-electron chi connectivity index (χ0n) is 19.4. The molecule has 0 bridgehead atoms.